The second-order valence-corrected chi connectivity index (χ2v) is 4.21. The zero-order chi connectivity index (χ0) is 15.7. The van der Waals surface area contributed by atoms with Gasteiger partial charge in [0.1, 0.15) is 0 Å². The van der Waals surface area contributed by atoms with Gasteiger partial charge in [0.05, 0.1) is 16.6 Å². The summed E-state index contributed by atoms with van der Waals surface area (Å²) in [6.45, 7) is 1.21. The van der Waals surface area contributed by atoms with Crippen LogP contribution in [0.4, 0.5) is 27.6 Å². The monoisotopic (exact) mass is 299 g/mol. The number of aliphatic hydroxyl groups is 1. The lowest BCUT2D eigenvalue weighted by atomic mass is 10.0. The molecule has 0 saturated heterocycles. The summed E-state index contributed by atoms with van der Waals surface area (Å²) >= 11 is 0. The minimum atomic E-state index is -5.73. The molecule has 0 aliphatic carbocycles. The maximum absolute atomic E-state index is 12.9. The summed E-state index contributed by atoms with van der Waals surface area (Å²) in [7, 11) is 0. The Labute approximate surface area is 110 Å². The fourth-order valence-corrected chi connectivity index (χ4v) is 1.57. The molecular formula is C11H10F5NO3. The van der Waals surface area contributed by atoms with Gasteiger partial charge in [-0.2, -0.15) is 22.0 Å². The summed E-state index contributed by atoms with van der Waals surface area (Å²) in [6.07, 6.45) is -8.67. The smallest absolute Gasteiger partial charge is 0.388 e. The van der Waals surface area contributed by atoms with Gasteiger partial charge >= 0.3 is 12.1 Å². The molecular weight excluding hydrogens is 289 g/mol. The second-order valence-electron chi connectivity index (χ2n) is 4.21. The van der Waals surface area contributed by atoms with Gasteiger partial charge < -0.3 is 5.11 Å². The fraction of sp³-hybridized carbons (Fsp3) is 0.455. The van der Waals surface area contributed by atoms with Crippen LogP contribution in [-0.4, -0.2) is 22.1 Å². The number of hydrogen-bond donors (Lipinski definition) is 1. The SMILES string of the molecule is CC(O)c1ccc(CC(F)(F)C(F)(F)F)cc1[N+](=O)[O-]. The van der Waals surface area contributed by atoms with Crippen molar-refractivity contribution in [2.24, 2.45) is 0 Å². The molecule has 112 valence electrons. The van der Waals surface area contributed by atoms with Crippen LogP contribution in [0, 0.1) is 10.1 Å². The molecule has 1 rings (SSSR count). The summed E-state index contributed by atoms with van der Waals surface area (Å²) in [6, 6.07) is 2.47. The number of nitro benzene ring substituents is 1. The van der Waals surface area contributed by atoms with E-state index in [0.29, 0.717) is 6.07 Å². The van der Waals surface area contributed by atoms with E-state index >= 15 is 0 Å². The molecule has 0 fully saturated rings. The van der Waals surface area contributed by atoms with Crippen molar-refractivity contribution in [2.45, 2.75) is 31.5 Å². The summed E-state index contributed by atoms with van der Waals surface area (Å²) in [5.41, 5.74) is -1.40. The molecule has 0 radical (unpaired) electrons. The summed E-state index contributed by atoms with van der Waals surface area (Å²) < 4.78 is 61.9. The molecule has 1 unspecified atom stereocenters. The highest BCUT2D eigenvalue weighted by Crippen LogP contribution is 2.39. The number of halogens is 5. The average molecular weight is 299 g/mol. The van der Waals surface area contributed by atoms with E-state index in [4.69, 9.17) is 0 Å². The topological polar surface area (TPSA) is 63.4 Å². The Bertz CT molecular complexity index is 513. The maximum Gasteiger partial charge on any atom is 0.453 e. The van der Waals surface area contributed by atoms with E-state index < -0.39 is 40.8 Å². The molecule has 20 heavy (non-hydrogen) atoms. The first-order chi connectivity index (χ1) is 8.95. The van der Waals surface area contributed by atoms with E-state index in [1.807, 2.05) is 0 Å². The Morgan fingerprint density at radius 3 is 2.25 bits per heavy atom. The molecule has 0 heterocycles. The number of nitrogens with zero attached hydrogens (tertiary/aromatic N) is 1. The van der Waals surface area contributed by atoms with Crippen LogP contribution >= 0.6 is 0 Å². The van der Waals surface area contributed by atoms with Crippen LogP contribution in [0.2, 0.25) is 0 Å². The first kappa shape index (κ1) is 16.3. The zero-order valence-corrected chi connectivity index (χ0v) is 10.1. The highest BCUT2D eigenvalue weighted by atomic mass is 19.4. The van der Waals surface area contributed by atoms with Crippen LogP contribution in [-0.2, 0) is 6.42 Å². The molecule has 0 amide bonds. The Kier molecular flexibility index (Phi) is 4.33. The standard InChI is InChI=1S/C11H10F5NO3/c1-6(18)8-3-2-7(4-9(8)17(19)20)5-10(12,13)11(14,15)16/h2-4,6,18H,5H2,1H3. The number of rotatable bonds is 4. The zero-order valence-electron chi connectivity index (χ0n) is 10.1. The third-order valence-corrected chi connectivity index (χ3v) is 2.58. The molecule has 0 aliphatic rings. The highest BCUT2D eigenvalue weighted by molar-refractivity contribution is 5.44. The molecule has 0 bridgehead atoms. The van der Waals surface area contributed by atoms with Crippen molar-refractivity contribution in [3.05, 3.63) is 39.4 Å². The van der Waals surface area contributed by atoms with Gasteiger partial charge in [-0.1, -0.05) is 6.07 Å². The first-order valence-electron chi connectivity index (χ1n) is 5.35. The van der Waals surface area contributed by atoms with Crippen LogP contribution in [0.15, 0.2) is 18.2 Å². The van der Waals surface area contributed by atoms with Crippen molar-refractivity contribution < 1.29 is 32.0 Å². The van der Waals surface area contributed by atoms with E-state index in [1.165, 1.54) is 6.92 Å². The Balaban J connectivity index is 3.17. The number of hydrogen-bond acceptors (Lipinski definition) is 3. The molecule has 0 saturated carbocycles. The molecule has 0 spiro atoms. The molecule has 1 aromatic carbocycles. The molecule has 9 heteroatoms. The predicted octanol–water partition coefficient (Wildman–Crippen LogP) is 3.39. The Morgan fingerprint density at radius 1 is 1.30 bits per heavy atom. The van der Waals surface area contributed by atoms with Crippen molar-refractivity contribution in [1.82, 2.24) is 0 Å². The third-order valence-electron chi connectivity index (χ3n) is 2.58. The minimum absolute atomic E-state index is 0.158. The summed E-state index contributed by atoms with van der Waals surface area (Å²) in [5.74, 6) is -4.98. The first-order valence-corrected chi connectivity index (χ1v) is 5.35. The number of alkyl halides is 5. The fourth-order valence-electron chi connectivity index (χ4n) is 1.57. The van der Waals surface area contributed by atoms with Gasteiger partial charge in [0, 0.05) is 12.5 Å². The second kappa shape index (κ2) is 5.31. The summed E-state index contributed by atoms with van der Waals surface area (Å²) in [5, 5.41) is 20.0. The van der Waals surface area contributed by atoms with Crippen molar-refractivity contribution in [3.8, 4) is 0 Å². The highest BCUT2D eigenvalue weighted by Gasteiger charge is 2.57. The maximum atomic E-state index is 12.9. The van der Waals surface area contributed by atoms with Crippen molar-refractivity contribution >= 4 is 5.69 Å². The predicted molar refractivity (Wildman–Crippen MR) is 58.4 cm³/mol. The van der Waals surface area contributed by atoms with Crippen LogP contribution in [0.25, 0.3) is 0 Å². The normalized spacial score (nSPS) is 14.2. The van der Waals surface area contributed by atoms with Crippen LogP contribution in [0.1, 0.15) is 24.2 Å². The lowest BCUT2D eigenvalue weighted by Crippen LogP contribution is -2.38. The van der Waals surface area contributed by atoms with E-state index in [-0.39, 0.29) is 5.56 Å². The van der Waals surface area contributed by atoms with Gasteiger partial charge in [0.2, 0.25) is 0 Å². The Morgan fingerprint density at radius 2 is 1.85 bits per heavy atom. The molecule has 1 aromatic rings. The lowest BCUT2D eigenvalue weighted by Gasteiger charge is -2.19. The quantitative estimate of drug-likeness (QED) is 0.526. The van der Waals surface area contributed by atoms with Crippen LogP contribution in [0.3, 0.4) is 0 Å². The van der Waals surface area contributed by atoms with Gasteiger partial charge in [-0.25, -0.2) is 0 Å². The molecule has 0 aliphatic heterocycles. The van der Waals surface area contributed by atoms with Gasteiger partial charge in [-0.3, -0.25) is 10.1 Å². The number of nitro groups is 1. The van der Waals surface area contributed by atoms with Crippen LogP contribution < -0.4 is 0 Å². The van der Waals surface area contributed by atoms with Gasteiger partial charge in [0.25, 0.3) is 5.69 Å². The van der Waals surface area contributed by atoms with Crippen molar-refractivity contribution in [1.29, 1.82) is 0 Å². The molecule has 1 N–H and O–H groups in total. The minimum Gasteiger partial charge on any atom is -0.388 e. The average Bonchev–Trinajstić information content (AvgIpc) is 2.26. The van der Waals surface area contributed by atoms with Crippen molar-refractivity contribution in [2.75, 3.05) is 0 Å². The number of aliphatic hydroxyl groups excluding tert-OH is 1. The summed E-state index contributed by atoms with van der Waals surface area (Å²) in [4.78, 5) is 9.78. The Hall–Kier alpha value is -1.77. The largest absolute Gasteiger partial charge is 0.453 e. The lowest BCUT2D eigenvalue weighted by molar-refractivity contribution is -0.386. The third kappa shape index (κ3) is 3.41. The molecule has 0 aromatic heterocycles. The van der Waals surface area contributed by atoms with Gasteiger partial charge in [-0.05, 0) is 18.6 Å². The molecule has 4 nitrogen and oxygen atoms in total. The van der Waals surface area contributed by atoms with E-state index in [0.717, 1.165) is 12.1 Å². The van der Waals surface area contributed by atoms with E-state index in [1.54, 1.807) is 0 Å². The van der Waals surface area contributed by atoms with Crippen LogP contribution in [0.5, 0.6) is 0 Å². The number of benzene rings is 1. The van der Waals surface area contributed by atoms with Gasteiger partial charge in [0.15, 0.2) is 0 Å². The van der Waals surface area contributed by atoms with Gasteiger partial charge in [-0.15, -0.1) is 0 Å². The van der Waals surface area contributed by atoms with E-state index in [2.05, 4.69) is 0 Å². The molecule has 1 atom stereocenters. The van der Waals surface area contributed by atoms with E-state index in [9.17, 15) is 37.2 Å². The van der Waals surface area contributed by atoms with Crippen molar-refractivity contribution in [3.63, 3.8) is 0 Å².